The molecule has 1 aliphatic heterocycles. The maximum absolute atomic E-state index is 11.4. The molecule has 0 atom stereocenters. The summed E-state index contributed by atoms with van der Waals surface area (Å²) in [5, 5.41) is 0. The lowest BCUT2D eigenvalue weighted by molar-refractivity contribution is -0.143. The summed E-state index contributed by atoms with van der Waals surface area (Å²) in [6, 6.07) is 0. The summed E-state index contributed by atoms with van der Waals surface area (Å²) in [4.78, 5) is 22.4. The van der Waals surface area contributed by atoms with Crippen molar-refractivity contribution in [3.05, 3.63) is 21.1 Å². The van der Waals surface area contributed by atoms with Crippen molar-refractivity contribution in [3.63, 3.8) is 0 Å². The van der Waals surface area contributed by atoms with Crippen molar-refractivity contribution in [1.29, 1.82) is 0 Å². The fourth-order valence-corrected chi connectivity index (χ4v) is 3.00. The summed E-state index contributed by atoms with van der Waals surface area (Å²) in [5.41, 5.74) is -0.720. The van der Waals surface area contributed by atoms with Crippen LogP contribution in [-0.4, -0.2) is 17.4 Å². The molecule has 1 heterocycles. The van der Waals surface area contributed by atoms with Crippen LogP contribution in [0, 0.1) is 0 Å². The van der Waals surface area contributed by atoms with Crippen molar-refractivity contribution in [3.8, 4) is 0 Å². The van der Waals surface area contributed by atoms with Crippen molar-refractivity contribution in [2.24, 2.45) is 0 Å². The second-order valence-electron chi connectivity index (χ2n) is 3.24. The third kappa shape index (κ3) is 1.59. The van der Waals surface area contributed by atoms with E-state index < -0.39 is 5.60 Å². The molecule has 2 rings (SSSR count). The third-order valence-electron chi connectivity index (χ3n) is 2.20. The van der Waals surface area contributed by atoms with E-state index in [0.29, 0.717) is 21.8 Å². The zero-order valence-corrected chi connectivity index (χ0v) is 10.2. The summed E-state index contributed by atoms with van der Waals surface area (Å²) in [5.74, 6) is -0.356. The number of halogens is 2. The van der Waals surface area contributed by atoms with Gasteiger partial charge < -0.3 is 4.74 Å². The quantitative estimate of drug-likeness (QED) is 0.642. The molecule has 0 radical (unpaired) electrons. The van der Waals surface area contributed by atoms with Crippen molar-refractivity contribution in [2.75, 3.05) is 0 Å². The van der Waals surface area contributed by atoms with Gasteiger partial charge in [0.25, 0.3) is 0 Å². The van der Waals surface area contributed by atoms with Crippen LogP contribution in [0.1, 0.15) is 12.8 Å². The molecule has 0 saturated carbocycles. The van der Waals surface area contributed by atoms with Gasteiger partial charge in [0.2, 0.25) is 5.78 Å². The number of hydrogen-bond donors (Lipinski definition) is 0. The smallest absolute Gasteiger partial charge is 0.307 e. The van der Waals surface area contributed by atoms with Gasteiger partial charge in [-0.2, -0.15) is 0 Å². The fraction of sp³-hybridized carbons (Fsp3) is 0.333. The van der Waals surface area contributed by atoms with Gasteiger partial charge >= 0.3 is 5.97 Å². The van der Waals surface area contributed by atoms with Crippen molar-refractivity contribution in [2.45, 2.75) is 18.4 Å². The molecule has 0 amide bonds. The normalized spacial score (nSPS) is 24.7. The van der Waals surface area contributed by atoms with E-state index >= 15 is 0 Å². The lowest BCUT2D eigenvalue weighted by atomic mass is 9.94. The van der Waals surface area contributed by atoms with E-state index in [1.165, 1.54) is 0 Å². The molecule has 1 saturated heterocycles. The molecule has 0 aromatic rings. The molecule has 1 aliphatic carbocycles. The number of hydrogen-bond acceptors (Lipinski definition) is 3. The molecule has 1 fully saturated rings. The van der Waals surface area contributed by atoms with Gasteiger partial charge in [-0.25, -0.2) is 0 Å². The van der Waals surface area contributed by atoms with Gasteiger partial charge in [-0.05, 0) is 44.0 Å². The highest BCUT2D eigenvalue weighted by atomic mass is 79.9. The molecular weight excluding hydrogens is 316 g/mol. The average Bonchev–Trinajstić information content (AvgIpc) is 2.43. The first-order chi connectivity index (χ1) is 6.52. The number of Topliss-reactive ketones (excluding diaryl/α,β-unsaturated/α-hetero) is 1. The van der Waals surface area contributed by atoms with Gasteiger partial charge in [0, 0.05) is 6.42 Å². The van der Waals surface area contributed by atoms with Crippen LogP contribution < -0.4 is 0 Å². The minimum absolute atomic E-state index is 0.126. The van der Waals surface area contributed by atoms with Crippen LogP contribution in [0.3, 0.4) is 0 Å². The maximum atomic E-state index is 11.4. The lowest BCUT2D eigenvalue weighted by Crippen LogP contribution is -2.27. The maximum Gasteiger partial charge on any atom is 0.307 e. The van der Waals surface area contributed by atoms with Gasteiger partial charge in [-0.15, -0.1) is 0 Å². The zero-order valence-electron chi connectivity index (χ0n) is 7.05. The van der Waals surface area contributed by atoms with Crippen LogP contribution in [0.25, 0.3) is 0 Å². The number of ketones is 1. The fourth-order valence-electron chi connectivity index (χ4n) is 1.53. The Bertz CT molecular complexity index is 360. The molecule has 14 heavy (non-hydrogen) atoms. The molecule has 0 aromatic carbocycles. The first-order valence-corrected chi connectivity index (χ1v) is 5.64. The van der Waals surface area contributed by atoms with E-state index in [1.54, 1.807) is 12.2 Å². The van der Waals surface area contributed by atoms with E-state index in [-0.39, 0.29) is 11.8 Å². The molecule has 0 N–H and O–H groups in total. The highest BCUT2D eigenvalue weighted by Gasteiger charge is 2.40. The van der Waals surface area contributed by atoms with Crippen LogP contribution in [0.4, 0.5) is 0 Å². The number of allylic oxidation sites excluding steroid dienone is 2. The number of ether oxygens (including phenoxy) is 1. The Hall–Kier alpha value is -0.420. The summed E-state index contributed by atoms with van der Waals surface area (Å²) < 4.78 is 6.04. The van der Waals surface area contributed by atoms with Gasteiger partial charge in [0.05, 0.1) is 15.4 Å². The molecule has 3 nitrogen and oxygen atoms in total. The molecule has 1 spiro atoms. The second kappa shape index (κ2) is 3.31. The number of carbonyl (C=O) groups is 2. The summed E-state index contributed by atoms with van der Waals surface area (Å²) >= 11 is 6.30. The molecular formula is C9H6Br2O3. The topological polar surface area (TPSA) is 43.4 Å². The van der Waals surface area contributed by atoms with Crippen LogP contribution in [0.2, 0.25) is 0 Å². The lowest BCUT2D eigenvalue weighted by Gasteiger charge is -2.24. The highest BCUT2D eigenvalue weighted by Crippen LogP contribution is 2.38. The monoisotopic (exact) mass is 320 g/mol. The highest BCUT2D eigenvalue weighted by molar-refractivity contribution is 9.13. The first kappa shape index (κ1) is 10.1. The molecule has 5 heteroatoms. The first-order valence-electron chi connectivity index (χ1n) is 4.06. The number of rotatable bonds is 0. The van der Waals surface area contributed by atoms with Gasteiger partial charge in [-0.3, -0.25) is 9.59 Å². The van der Waals surface area contributed by atoms with Gasteiger partial charge in [0.1, 0.15) is 0 Å². The van der Waals surface area contributed by atoms with E-state index in [0.717, 1.165) is 0 Å². The Morgan fingerprint density at radius 2 is 1.79 bits per heavy atom. The summed E-state index contributed by atoms with van der Waals surface area (Å²) in [6.45, 7) is 0. The summed E-state index contributed by atoms with van der Waals surface area (Å²) in [6.07, 6.45) is 4.26. The summed E-state index contributed by atoms with van der Waals surface area (Å²) in [7, 11) is 0. The second-order valence-corrected chi connectivity index (χ2v) is 4.95. The molecule has 74 valence electrons. The number of carbonyl (C=O) groups excluding carboxylic acids is 2. The van der Waals surface area contributed by atoms with E-state index in [1.807, 2.05) is 0 Å². The largest absolute Gasteiger partial charge is 0.450 e. The van der Waals surface area contributed by atoms with E-state index in [2.05, 4.69) is 31.9 Å². The van der Waals surface area contributed by atoms with Crippen molar-refractivity contribution < 1.29 is 14.3 Å². The van der Waals surface area contributed by atoms with Crippen LogP contribution >= 0.6 is 31.9 Å². The standard InChI is InChI=1S/C9H6Br2O3/c10-5-3-9(2-1-7(12)14-9)4-6(11)8(5)13/h3-4H,1-2H2. The molecule has 0 bridgehead atoms. The van der Waals surface area contributed by atoms with Crippen molar-refractivity contribution in [1.82, 2.24) is 0 Å². The predicted octanol–water partition coefficient (Wildman–Crippen LogP) is 2.20. The Kier molecular flexibility index (Phi) is 2.39. The van der Waals surface area contributed by atoms with E-state index in [4.69, 9.17) is 4.74 Å². The third-order valence-corrected chi connectivity index (χ3v) is 3.38. The van der Waals surface area contributed by atoms with E-state index in [9.17, 15) is 9.59 Å². The van der Waals surface area contributed by atoms with Gasteiger partial charge in [0.15, 0.2) is 5.60 Å². The Morgan fingerprint density at radius 3 is 2.21 bits per heavy atom. The Morgan fingerprint density at radius 1 is 1.21 bits per heavy atom. The predicted molar refractivity (Wildman–Crippen MR) is 57.1 cm³/mol. The average molecular weight is 322 g/mol. The zero-order chi connectivity index (χ0) is 10.3. The van der Waals surface area contributed by atoms with Gasteiger partial charge in [-0.1, -0.05) is 0 Å². The Labute approximate surface area is 97.4 Å². The molecule has 2 aliphatic rings. The van der Waals surface area contributed by atoms with Crippen molar-refractivity contribution >= 4 is 43.6 Å². The number of esters is 1. The molecule has 0 unspecified atom stereocenters. The SMILES string of the molecule is O=C1CCC2(C=C(Br)C(=O)C(Br)=C2)O1. The van der Waals surface area contributed by atoms with Crippen LogP contribution in [0.15, 0.2) is 21.1 Å². The van der Waals surface area contributed by atoms with Crippen LogP contribution in [0.5, 0.6) is 0 Å². The molecule has 0 aromatic heterocycles. The van der Waals surface area contributed by atoms with Crippen LogP contribution in [-0.2, 0) is 14.3 Å². The minimum atomic E-state index is -0.720. The minimum Gasteiger partial charge on any atom is -0.450 e. The Balaban J connectivity index is 2.39.